The lowest BCUT2D eigenvalue weighted by molar-refractivity contribution is -0.123. The summed E-state index contributed by atoms with van der Waals surface area (Å²) >= 11 is 0. The first kappa shape index (κ1) is 13.4. The molecule has 1 amide bonds. The van der Waals surface area contributed by atoms with E-state index in [1.54, 1.807) is 7.11 Å². The van der Waals surface area contributed by atoms with E-state index in [4.69, 9.17) is 4.74 Å². The Labute approximate surface area is 96.8 Å². The number of piperidine rings is 1. The maximum Gasteiger partial charge on any atom is 0.234 e. The zero-order valence-electron chi connectivity index (χ0n) is 10.2. The summed E-state index contributed by atoms with van der Waals surface area (Å²) in [4.78, 5) is 13.5. The summed E-state index contributed by atoms with van der Waals surface area (Å²) in [7, 11) is 1.61. The number of aliphatic hydroxyl groups is 1. The van der Waals surface area contributed by atoms with Gasteiger partial charge in [0, 0.05) is 26.7 Å². The van der Waals surface area contributed by atoms with E-state index in [0.29, 0.717) is 19.7 Å². The van der Waals surface area contributed by atoms with Gasteiger partial charge >= 0.3 is 0 Å². The van der Waals surface area contributed by atoms with Crippen LogP contribution in [0.4, 0.5) is 0 Å². The minimum Gasteiger partial charge on any atom is -0.390 e. The van der Waals surface area contributed by atoms with Crippen LogP contribution in [-0.4, -0.2) is 61.4 Å². The quantitative estimate of drug-likeness (QED) is 0.631. The molecule has 0 aromatic heterocycles. The van der Waals surface area contributed by atoms with Crippen molar-refractivity contribution < 1.29 is 14.6 Å². The number of ether oxygens (including phenoxy) is 1. The molecule has 0 aromatic carbocycles. The second kappa shape index (κ2) is 6.18. The molecule has 1 aliphatic rings. The van der Waals surface area contributed by atoms with Crippen LogP contribution in [0.15, 0.2) is 0 Å². The van der Waals surface area contributed by atoms with Crippen LogP contribution in [0.25, 0.3) is 0 Å². The maximum atomic E-state index is 11.5. The van der Waals surface area contributed by atoms with Gasteiger partial charge in [-0.1, -0.05) is 0 Å². The number of nitrogens with one attached hydrogen (secondary N) is 1. The normalized spacial score (nSPS) is 20.7. The number of carbonyl (C=O) groups excluding carboxylic acids is 1. The maximum absolute atomic E-state index is 11.5. The van der Waals surface area contributed by atoms with Gasteiger partial charge in [0.05, 0.1) is 18.8 Å². The van der Waals surface area contributed by atoms with Crippen LogP contribution < -0.4 is 5.32 Å². The molecule has 2 N–H and O–H groups in total. The fraction of sp³-hybridized carbons (Fsp3) is 0.909. The van der Waals surface area contributed by atoms with Gasteiger partial charge in [-0.15, -0.1) is 0 Å². The lowest BCUT2D eigenvalue weighted by Crippen LogP contribution is -2.46. The number of amides is 1. The molecular weight excluding hydrogens is 208 g/mol. The molecule has 1 rings (SSSR count). The predicted molar refractivity (Wildman–Crippen MR) is 61.2 cm³/mol. The van der Waals surface area contributed by atoms with E-state index in [1.807, 2.05) is 6.92 Å². The molecule has 1 aliphatic heterocycles. The monoisotopic (exact) mass is 230 g/mol. The highest BCUT2D eigenvalue weighted by atomic mass is 16.5. The Bertz CT molecular complexity index is 221. The highest BCUT2D eigenvalue weighted by molar-refractivity contribution is 5.77. The molecule has 0 radical (unpaired) electrons. The molecular formula is C11H22N2O3. The molecule has 1 heterocycles. The SMILES string of the molecule is COCCNC(=O)CN1CCC(C)(O)CC1. The van der Waals surface area contributed by atoms with E-state index >= 15 is 0 Å². The Hall–Kier alpha value is -0.650. The van der Waals surface area contributed by atoms with Crippen molar-refractivity contribution in [1.82, 2.24) is 10.2 Å². The van der Waals surface area contributed by atoms with Crippen molar-refractivity contribution in [2.75, 3.05) is 39.9 Å². The molecule has 0 atom stereocenters. The second-order valence-corrected chi connectivity index (χ2v) is 4.62. The number of hydrogen-bond acceptors (Lipinski definition) is 4. The third-order valence-electron chi connectivity index (χ3n) is 2.93. The third-order valence-corrected chi connectivity index (χ3v) is 2.93. The average Bonchev–Trinajstić information content (AvgIpc) is 2.22. The van der Waals surface area contributed by atoms with Crippen molar-refractivity contribution in [2.45, 2.75) is 25.4 Å². The van der Waals surface area contributed by atoms with Crippen molar-refractivity contribution >= 4 is 5.91 Å². The summed E-state index contributed by atoms with van der Waals surface area (Å²) in [5.41, 5.74) is -0.553. The summed E-state index contributed by atoms with van der Waals surface area (Å²) in [6.45, 7) is 4.93. The molecule has 0 bridgehead atoms. The zero-order chi connectivity index (χ0) is 12.0. The summed E-state index contributed by atoms with van der Waals surface area (Å²) in [5, 5.41) is 12.5. The highest BCUT2D eigenvalue weighted by Gasteiger charge is 2.27. The van der Waals surface area contributed by atoms with Crippen LogP contribution >= 0.6 is 0 Å². The number of nitrogens with zero attached hydrogens (tertiary/aromatic N) is 1. The lowest BCUT2D eigenvalue weighted by atomic mass is 9.94. The lowest BCUT2D eigenvalue weighted by Gasteiger charge is -2.35. The van der Waals surface area contributed by atoms with Gasteiger partial charge in [0.1, 0.15) is 0 Å². The zero-order valence-corrected chi connectivity index (χ0v) is 10.2. The fourth-order valence-corrected chi connectivity index (χ4v) is 1.74. The van der Waals surface area contributed by atoms with Crippen molar-refractivity contribution in [3.63, 3.8) is 0 Å². The molecule has 0 aliphatic carbocycles. The Kier molecular flexibility index (Phi) is 5.18. The van der Waals surface area contributed by atoms with E-state index in [2.05, 4.69) is 10.2 Å². The molecule has 5 nitrogen and oxygen atoms in total. The van der Waals surface area contributed by atoms with Gasteiger partial charge < -0.3 is 15.2 Å². The summed E-state index contributed by atoms with van der Waals surface area (Å²) in [6.07, 6.45) is 1.47. The Morgan fingerprint density at radius 3 is 2.69 bits per heavy atom. The molecule has 1 fully saturated rings. The van der Waals surface area contributed by atoms with Crippen molar-refractivity contribution in [3.05, 3.63) is 0 Å². The number of likely N-dealkylation sites (tertiary alicyclic amines) is 1. The molecule has 5 heteroatoms. The molecule has 94 valence electrons. The minimum atomic E-state index is -0.553. The third kappa shape index (κ3) is 4.92. The van der Waals surface area contributed by atoms with Gasteiger partial charge in [0.15, 0.2) is 0 Å². The second-order valence-electron chi connectivity index (χ2n) is 4.62. The van der Waals surface area contributed by atoms with Crippen molar-refractivity contribution in [1.29, 1.82) is 0 Å². The summed E-state index contributed by atoms with van der Waals surface area (Å²) in [6, 6.07) is 0. The van der Waals surface area contributed by atoms with E-state index in [-0.39, 0.29) is 5.91 Å². The molecule has 0 unspecified atom stereocenters. The first-order valence-electron chi connectivity index (χ1n) is 5.74. The smallest absolute Gasteiger partial charge is 0.234 e. The molecule has 16 heavy (non-hydrogen) atoms. The Morgan fingerprint density at radius 2 is 2.12 bits per heavy atom. The molecule has 0 aromatic rings. The standard InChI is InChI=1S/C11H22N2O3/c1-11(15)3-6-13(7-4-11)9-10(14)12-5-8-16-2/h15H,3-9H2,1-2H3,(H,12,14). The Balaban J connectivity index is 2.16. The van der Waals surface area contributed by atoms with Crippen LogP contribution in [0, 0.1) is 0 Å². The first-order chi connectivity index (χ1) is 7.53. The number of rotatable bonds is 5. The number of hydrogen-bond donors (Lipinski definition) is 2. The van der Waals surface area contributed by atoms with Gasteiger partial charge in [0.2, 0.25) is 5.91 Å². The van der Waals surface area contributed by atoms with Crippen LogP contribution in [0.2, 0.25) is 0 Å². The van der Waals surface area contributed by atoms with Crippen LogP contribution in [0.3, 0.4) is 0 Å². The fourth-order valence-electron chi connectivity index (χ4n) is 1.74. The largest absolute Gasteiger partial charge is 0.390 e. The highest BCUT2D eigenvalue weighted by Crippen LogP contribution is 2.20. The first-order valence-corrected chi connectivity index (χ1v) is 5.74. The van der Waals surface area contributed by atoms with Gasteiger partial charge in [-0.3, -0.25) is 9.69 Å². The van der Waals surface area contributed by atoms with Crippen LogP contribution in [0.1, 0.15) is 19.8 Å². The number of carbonyl (C=O) groups is 1. The van der Waals surface area contributed by atoms with Gasteiger partial charge in [-0.05, 0) is 19.8 Å². The topological polar surface area (TPSA) is 61.8 Å². The molecule has 0 saturated carbocycles. The molecule has 1 saturated heterocycles. The van der Waals surface area contributed by atoms with Gasteiger partial charge in [-0.2, -0.15) is 0 Å². The predicted octanol–water partition coefficient (Wildman–Crippen LogP) is -0.404. The van der Waals surface area contributed by atoms with Crippen LogP contribution in [0.5, 0.6) is 0 Å². The van der Waals surface area contributed by atoms with Gasteiger partial charge in [0.25, 0.3) is 0 Å². The molecule has 0 spiro atoms. The van der Waals surface area contributed by atoms with Crippen LogP contribution in [-0.2, 0) is 9.53 Å². The van der Waals surface area contributed by atoms with E-state index in [9.17, 15) is 9.90 Å². The van der Waals surface area contributed by atoms with Crippen molar-refractivity contribution in [2.24, 2.45) is 0 Å². The Morgan fingerprint density at radius 1 is 1.50 bits per heavy atom. The average molecular weight is 230 g/mol. The van der Waals surface area contributed by atoms with E-state index in [0.717, 1.165) is 25.9 Å². The number of methoxy groups -OCH3 is 1. The summed E-state index contributed by atoms with van der Waals surface area (Å²) in [5.74, 6) is 0.0265. The van der Waals surface area contributed by atoms with Gasteiger partial charge in [-0.25, -0.2) is 0 Å². The minimum absolute atomic E-state index is 0.0265. The summed E-state index contributed by atoms with van der Waals surface area (Å²) < 4.78 is 4.85. The van der Waals surface area contributed by atoms with E-state index < -0.39 is 5.60 Å². The van der Waals surface area contributed by atoms with E-state index in [1.165, 1.54) is 0 Å². The van der Waals surface area contributed by atoms with Crippen molar-refractivity contribution in [3.8, 4) is 0 Å².